The minimum Gasteiger partial charge on any atom is -0.396 e. The third-order valence-electron chi connectivity index (χ3n) is 2.78. The highest BCUT2D eigenvalue weighted by molar-refractivity contribution is 5.91. The third-order valence-corrected chi connectivity index (χ3v) is 2.78. The zero-order chi connectivity index (χ0) is 13.6. The van der Waals surface area contributed by atoms with Gasteiger partial charge in [0.2, 0.25) is 5.91 Å². The SMILES string of the molecule is COC(C)(C)CC(=O)Nc1ccc(CCO)cc1. The lowest BCUT2D eigenvalue weighted by Crippen LogP contribution is -2.29. The highest BCUT2D eigenvalue weighted by Gasteiger charge is 2.20. The maximum absolute atomic E-state index is 11.8. The van der Waals surface area contributed by atoms with Gasteiger partial charge in [0.1, 0.15) is 0 Å². The van der Waals surface area contributed by atoms with Crippen LogP contribution in [0.25, 0.3) is 0 Å². The molecule has 0 saturated carbocycles. The van der Waals surface area contributed by atoms with Crippen LogP contribution in [-0.2, 0) is 16.0 Å². The molecule has 0 heterocycles. The fraction of sp³-hybridized carbons (Fsp3) is 0.500. The molecule has 4 nitrogen and oxygen atoms in total. The van der Waals surface area contributed by atoms with Crippen LogP contribution >= 0.6 is 0 Å². The number of nitrogens with one attached hydrogen (secondary N) is 1. The normalized spacial score (nSPS) is 11.3. The number of aliphatic hydroxyl groups is 1. The summed E-state index contributed by atoms with van der Waals surface area (Å²) in [6, 6.07) is 7.46. The molecule has 0 radical (unpaired) electrons. The van der Waals surface area contributed by atoms with E-state index in [9.17, 15) is 4.79 Å². The molecule has 0 atom stereocenters. The van der Waals surface area contributed by atoms with Crippen molar-refractivity contribution in [2.24, 2.45) is 0 Å². The number of ether oxygens (including phenoxy) is 1. The number of rotatable bonds is 6. The third kappa shape index (κ3) is 4.85. The van der Waals surface area contributed by atoms with Gasteiger partial charge in [0.25, 0.3) is 0 Å². The summed E-state index contributed by atoms with van der Waals surface area (Å²) in [7, 11) is 1.59. The van der Waals surface area contributed by atoms with Crippen LogP contribution in [-0.4, -0.2) is 30.3 Å². The summed E-state index contributed by atoms with van der Waals surface area (Å²) < 4.78 is 5.21. The van der Waals surface area contributed by atoms with E-state index in [1.807, 2.05) is 38.1 Å². The Morgan fingerprint density at radius 2 is 1.94 bits per heavy atom. The number of methoxy groups -OCH3 is 1. The summed E-state index contributed by atoms with van der Waals surface area (Å²) in [6.45, 7) is 3.88. The molecular formula is C14H21NO3. The van der Waals surface area contributed by atoms with Crippen molar-refractivity contribution in [2.45, 2.75) is 32.3 Å². The molecule has 0 aromatic heterocycles. The molecule has 1 aromatic carbocycles. The van der Waals surface area contributed by atoms with Crippen molar-refractivity contribution in [2.75, 3.05) is 19.0 Å². The maximum Gasteiger partial charge on any atom is 0.227 e. The van der Waals surface area contributed by atoms with E-state index >= 15 is 0 Å². The van der Waals surface area contributed by atoms with E-state index < -0.39 is 5.60 Å². The zero-order valence-electron chi connectivity index (χ0n) is 11.2. The Kier molecular flexibility index (Phi) is 5.31. The number of hydrogen-bond donors (Lipinski definition) is 2. The number of hydrogen-bond acceptors (Lipinski definition) is 3. The standard InChI is InChI=1S/C14H21NO3/c1-14(2,18-3)10-13(17)15-12-6-4-11(5-7-12)8-9-16/h4-7,16H,8-10H2,1-3H3,(H,15,17). The largest absolute Gasteiger partial charge is 0.396 e. The fourth-order valence-electron chi connectivity index (χ4n) is 1.55. The Hall–Kier alpha value is -1.39. The Morgan fingerprint density at radius 3 is 2.44 bits per heavy atom. The van der Waals surface area contributed by atoms with Crippen molar-refractivity contribution >= 4 is 11.6 Å². The van der Waals surface area contributed by atoms with Gasteiger partial charge >= 0.3 is 0 Å². The minimum absolute atomic E-state index is 0.0724. The highest BCUT2D eigenvalue weighted by atomic mass is 16.5. The summed E-state index contributed by atoms with van der Waals surface area (Å²) in [4.78, 5) is 11.8. The number of amides is 1. The maximum atomic E-state index is 11.8. The van der Waals surface area contributed by atoms with Crippen LogP contribution < -0.4 is 5.32 Å². The van der Waals surface area contributed by atoms with Crippen molar-refractivity contribution in [1.29, 1.82) is 0 Å². The van der Waals surface area contributed by atoms with E-state index in [-0.39, 0.29) is 12.5 Å². The lowest BCUT2D eigenvalue weighted by molar-refractivity contribution is -0.121. The lowest BCUT2D eigenvalue weighted by atomic mass is 10.0. The first-order valence-electron chi connectivity index (χ1n) is 6.01. The van der Waals surface area contributed by atoms with Crippen molar-refractivity contribution in [1.82, 2.24) is 0 Å². The van der Waals surface area contributed by atoms with E-state index in [4.69, 9.17) is 9.84 Å². The minimum atomic E-state index is -0.457. The van der Waals surface area contributed by atoms with Crippen molar-refractivity contribution in [3.05, 3.63) is 29.8 Å². The van der Waals surface area contributed by atoms with E-state index in [0.717, 1.165) is 11.3 Å². The summed E-state index contributed by atoms with van der Waals surface area (Å²) in [6.07, 6.45) is 0.937. The molecule has 0 unspecified atom stereocenters. The van der Waals surface area contributed by atoms with Gasteiger partial charge in [0.15, 0.2) is 0 Å². The van der Waals surface area contributed by atoms with Crippen LogP contribution in [0.4, 0.5) is 5.69 Å². The average Bonchev–Trinajstić information content (AvgIpc) is 2.31. The van der Waals surface area contributed by atoms with Gasteiger partial charge in [0, 0.05) is 19.4 Å². The van der Waals surface area contributed by atoms with Crippen LogP contribution in [0.5, 0.6) is 0 Å². The smallest absolute Gasteiger partial charge is 0.227 e. The summed E-state index contributed by atoms with van der Waals surface area (Å²) in [5.41, 5.74) is 1.35. The van der Waals surface area contributed by atoms with Crippen LogP contribution in [0.1, 0.15) is 25.8 Å². The molecular weight excluding hydrogens is 230 g/mol. The quantitative estimate of drug-likeness (QED) is 0.812. The molecule has 0 aliphatic carbocycles. The molecule has 2 N–H and O–H groups in total. The Bertz CT molecular complexity index is 385. The highest BCUT2D eigenvalue weighted by Crippen LogP contribution is 2.15. The molecule has 0 fully saturated rings. The number of carbonyl (C=O) groups excluding carboxylic acids is 1. The van der Waals surface area contributed by atoms with Crippen molar-refractivity contribution in [3.8, 4) is 0 Å². The molecule has 0 aliphatic rings. The molecule has 18 heavy (non-hydrogen) atoms. The first kappa shape index (κ1) is 14.7. The van der Waals surface area contributed by atoms with Crippen molar-refractivity contribution < 1.29 is 14.6 Å². The second kappa shape index (κ2) is 6.52. The van der Waals surface area contributed by atoms with E-state index in [1.54, 1.807) is 7.11 Å². The van der Waals surface area contributed by atoms with E-state index in [1.165, 1.54) is 0 Å². The summed E-state index contributed by atoms with van der Waals surface area (Å²) in [5.74, 6) is -0.0724. The van der Waals surface area contributed by atoms with Crippen molar-refractivity contribution in [3.63, 3.8) is 0 Å². The molecule has 0 aliphatic heterocycles. The van der Waals surface area contributed by atoms with Gasteiger partial charge < -0.3 is 15.2 Å². The fourth-order valence-corrected chi connectivity index (χ4v) is 1.55. The summed E-state index contributed by atoms with van der Waals surface area (Å²) >= 11 is 0. The Morgan fingerprint density at radius 1 is 1.33 bits per heavy atom. The van der Waals surface area contributed by atoms with Crippen LogP contribution in [0, 0.1) is 0 Å². The molecule has 0 bridgehead atoms. The average molecular weight is 251 g/mol. The monoisotopic (exact) mass is 251 g/mol. The van der Waals surface area contributed by atoms with Crippen LogP contribution in [0.2, 0.25) is 0 Å². The number of aliphatic hydroxyl groups excluding tert-OH is 1. The second-order valence-electron chi connectivity index (χ2n) is 4.86. The molecule has 1 amide bonds. The zero-order valence-corrected chi connectivity index (χ0v) is 11.2. The number of anilines is 1. The van der Waals surface area contributed by atoms with Crippen LogP contribution in [0.15, 0.2) is 24.3 Å². The molecule has 4 heteroatoms. The lowest BCUT2D eigenvalue weighted by Gasteiger charge is -2.21. The van der Waals surface area contributed by atoms with E-state index in [2.05, 4.69) is 5.32 Å². The van der Waals surface area contributed by atoms with Gasteiger partial charge in [0.05, 0.1) is 12.0 Å². The van der Waals surface area contributed by atoms with Crippen LogP contribution in [0.3, 0.4) is 0 Å². The predicted octanol–water partition coefficient (Wildman–Crippen LogP) is 1.98. The van der Waals surface area contributed by atoms with Gasteiger partial charge in [-0.3, -0.25) is 4.79 Å². The topological polar surface area (TPSA) is 58.6 Å². The molecule has 100 valence electrons. The van der Waals surface area contributed by atoms with Gasteiger partial charge in [-0.2, -0.15) is 0 Å². The Balaban J connectivity index is 2.54. The first-order chi connectivity index (χ1) is 8.46. The number of carbonyl (C=O) groups is 1. The number of benzene rings is 1. The molecule has 1 aromatic rings. The first-order valence-corrected chi connectivity index (χ1v) is 6.01. The second-order valence-corrected chi connectivity index (χ2v) is 4.86. The molecule has 0 spiro atoms. The molecule has 0 saturated heterocycles. The van der Waals surface area contributed by atoms with E-state index in [0.29, 0.717) is 12.8 Å². The molecule has 1 rings (SSSR count). The van der Waals surface area contributed by atoms with Gasteiger partial charge in [-0.25, -0.2) is 0 Å². The van der Waals surface area contributed by atoms with Gasteiger partial charge in [-0.15, -0.1) is 0 Å². The predicted molar refractivity (Wildman–Crippen MR) is 71.6 cm³/mol. The van der Waals surface area contributed by atoms with Gasteiger partial charge in [-0.1, -0.05) is 12.1 Å². The van der Waals surface area contributed by atoms with Gasteiger partial charge in [-0.05, 0) is 38.0 Å². The Labute approximate surface area is 108 Å². The summed E-state index contributed by atoms with van der Waals surface area (Å²) in [5, 5.41) is 11.6.